The van der Waals surface area contributed by atoms with Gasteiger partial charge < -0.3 is 15.1 Å². The lowest BCUT2D eigenvalue weighted by atomic mass is 10.1. The third-order valence-electron chi connectivity index (χ3n) is 3.49. The number of aromatic nitrogens is 1. The summed E-state index contributed by atoms with van der Waals surface area (Å²) >= 11 is 0. The SMILES string of the molecule is Cc1c(C=N)c2ccccc2n1-c1ccc(O)c(F)c1. The predicted octanol–water partition coefficient (Wildman–Crippen LogP) is 3.78. The zero-order chi connectivity index (χ0) is 14.3. The van der Waals surface area contributed by atoms with E-state index < -0.39 is 5.82 Å². The molecule has 1 heterocycles. The maximum Gasteiger partial charge on any atom is 0.166 e. The lowest BCUT2D eigenvalue weighted by Gasteiger charge is -2.09. The molecule has 2 aromatic carbocycles. The molecular formula is C16H13FN2O. The second-order valence-electron chi connectivity index (χ2n) is 4.63. The van der Waals surface area contributed by atoms with E-state index >= 15 is 0 Å². The Hall–Kier alpha value is -2.62. The summed E-state index contributed by atoms with van der Waals surface area (Å²) in [7, 11) is 0. The first kappa shape index (κ1) is 12.4. The predicted molar refractivity (Wildman–Crippen MR) is 77.5 cm³/mol. The molecule has 3 aromatic rings. The minimum absolute atomic E-state index is 0.366. The van der Waals surface area contributed by atoms with Crippen LogP contribution in [0.15, 0.2) is 42.5 Å². The quantitative estimate of drug-likeness (QED) is 0.683. The monoisotopic (exact) mass is 268 g/mol. The van der Waals surface area contributed by atoms with E-state index in [9.17, 15) is 9.50 Å². The van der Waals surface area contributed by atoms with Crippen LogP contribution < -0.4 is 0 Å². The van der Waals surface area contributed by atoms with Crippen molar-refractivity contribution in [2.45, 2.75) is 6.92 Å². The van der Waals surface area contributed by atoms with Gasteiger partial charge in [0.2, 0.25) is 0 Å². The fraction of sp³-hybridized carbons (Fsp3) is 0.0625. The molecule has 100 valence electrons. The van der Waals surface area contributed by atoms with Gasteiger partial charge in [0.15, 0.2) is 11.6 Å². The van der Waals surface area contributed by atoms with Gasteiger partial charge in [0.25, 0.3) is 0 Å². The van der Waals surface area contributed by atoms with Crippen LogP contribution in [0.3, 0.4) is 0 Å². The van der Waals surface area contributed by atoms with Gasteiger partial charge in [-0.25, -0.2) is 4.39 Å². The van der Waals surface area contributed by atoms with Crippen molar-refractivity contribution in [3.63, 3.8) is 0 Å². The lowest BCUT2D eigenvalue weighted by Crippen LogP contribution is -1.98. The van der Waals surface area contributed by atoms with Gasteiger partial charge >= 0.3 is 0 Å². The summed E-state index contributed by atoms with van der Waals surface area (Å²) in [5.74, 6) is -1.02. The smallest absolute Gasteiger partial charge is 0.166 e. The second kappa shape index (κ2) is 4.49. The zero-order valence-corrected chi connectivity index (χ0v) is 10.9. The van der Waals surface area contributed by atoms with Crippen molar-refractivity contribution in [1.82, 2.24) is 4.57 Å². The van der Waals surface area contributed by atoms with E-state index in [0.29, 0.717) is 5.69 Å². The Morgan fingerprint density at radius 1 is 1.20 bits per heavy atom. The van der Waals surface area contributed by atoms with E-state index in [1.807, 2.05) is 35.8 Å². The number of fused-ring (bicyclic) bond motifs is 1. The lowest BCUT2D eigenvalue weighted by molar-refractivity contribution is 0.432. The highest BCUT2D eigenvalue weighted by molar-refractivity contribution is 6.01. The van der Waals surface area contributed by atoms with Crippen molar-refractivity contribution >= 4 is 17.1 Å². The number of para-hydroxylation sites is 1. The van der Waals surface area contributed by atoms with Crippen molar-refractivity contribution in [1.29, 1.82) is 5.41 Å². The van der Waals surface area contributed by atoms with Crippen LogP contribution in [-0.4, -0.2) is 15.9 Å². The van der Waals surface area contributed by atoms with Crippen LogP contribution in [0.2, 0.25) is 0 Å². The second-order valence-corrected chi connectivity index (χ2v) is 4.63. The van der Waals surface area contributed by atoms with Gasteiger partial charge in [0, 0.05) is 34.6 Å². The third-order valence-corrected chi connectivity index (χ3v) is 3.49. The topological polar surface area (TPSA) is 49.0 Å². The number of halogens is 1. The maximum absolute atomic E-state index is 13.6. The molecule has 0 fully saturated rings. The average molecular weight is 268 g/mol. The number of phenolic OH excluding ortho intramolecular Hbond substituents is 1. The van der Waals surface area contributed by atoms with Crippen molar-refractivity contribution < 1.29 is 9.50 Å². The molecule has 0 spiro atoms. The van der Waals surface area contributed by atoms with Crippen molar-refractivity contribution in [3.8, 4) is 11.4 Å². The highest BCUT2D eigenvalue weighted by Crippen LogP contribution is 2.29. The Kier molecular flexibility index (Phi) is 2.79. The van der Waals surface area contributed by atoms with Gasteiger partial charge in [-0.05, 0) is 25.1 Å². The van der Waals surface area contributed by atoms with Gasteiger partial charge in [0.05, 0.1) is 5.52 Å². The van der Waals surface area contributed by atoms with Crippen LogP contribution in [0, 0.1) is 18.2 Å². The molecule has 4 heteroatoms. The van der Waals surface area contributed by atoms with Crippen LogP contribution in [0.25, 0.3) is 16.6 Å². The Morgan fingerprint density at radius 2 is 1.95 bits per heavy atom. The first-order valence-corrected chi connectivity index (χ1v) is 6.23. The fourth-order valence-corrected chi connectivity index (χ4v) is 2.54. The van der Waals surface area contributed by atoms with Crippen LogP contribution in [0.4, 0.5) is 4.39 Å². The number of benzene rings is 2. The van der Waals surface area contributed by atoms with Crippen molar-refractivity contribution in [2.24, 2.45) is 0 Å². The van der Waals surface area contributed by atoms with E-state index in [-0.39, 0.29) is 5.75 Å². The molecule has 1 aromatic heterocycles. The van der Waals surface area contributed by atoms with Gasteiger partial charge in [-0.2, -0.15) is 0 Å². The molecule has 0 bridgehead atoms. The standard InChI is InChI=1S/C16H13FN2O/c1-10-13(9-18)12-4-2-3-5-15(12)19(10)11-6-7-16(20)14(17)8-11/h2-9,18,20H,1H3. The third kappa shape index (κ3) is 1.69. The number of nitrogens with zero attached hydrogens (tertiary/aromatic N) is 1. The summed E-state index contributed by atoms with van der Waals surface area (Å²) in [6.45, 7) is 1.89. The number of aromatic hydroxyl groups is 1. The van der Waals surface area contributed by atoms with Crippen molar-refractivity contribution in [3.05, 3.63) is 59.5 Å². The Balaban J connectivity index is 2.38. The van der Waals surface area contributed by atoms with E-state index in [1.165, 1.54) is 18.3 Å². The molecule has 0 amide bonds. The molecule has 0 saturated heterocycles. The number of nitrogens with one attached hydrogen (secondary N) is 1. The Morgan fingerprint density at radius 3 is 2.65 bits per heavy atom. The molecule has 3 rings (SSSR count). The fourth-order valence-electron chi connectivity index (χ4n) is 2.54. The van der Waals surface area contributed by atoms with E-state index in [0.717, 1.165) is 22.2 Å². The molecular weight excluding hydrogens is 255 g/mol. The molecule has 0 saturated carbocycles. The molecule has 0 aliphatic heterocycles. The molecule has 20 heavy (non-hydrogen) atoms. The molecule has 0 unspecified atom stereocenters. The van der Waals surface area contributed by atoms with E-state index in [1.54, 1.807) is 6.07 Å². The highest BCUT2D eigenvalue weighted by atomic mass is 19.1. The zero-order valence-electron chi connectivity index (χ0n) is 10.9. The average Bonchev–Trinajstić information content (AvgIpc) is 2.73. The van der Waals surface area contributed by atoms with Gasteiger partial charge in [-0.3, -0.25) is 0 Å². The van der Waals surface area contributed by atoms with Crippen LogP contribution >= 0.6 is 0 Å². The molecule has 0 aliphatic rings. The number of rotatable bonds is 2. The number of hydrogen-bond acceptors (Lipinski definition) is 2. The molecule has 0 radical (unpaired) electrons. The summed E-state index contributed by atoms with van der Waals surface area (Å²) in [6, 6.07) is 12.0. The summed E-state index contributed by atoms with van der Waals surface area (Å²) in [6.07, 6.45) is 1.31. The molecule has 0 atom stereocenters. The Labute approximate surface area is 115 Å². The molecule has 0 aliphatic carbocycles. The summed E-state index contributed by atoms with van der Waals surface area (Å²) in [4.78, 5) is 0. The van der Waals surface area contributed by atoms with Crippen LogP contribution in [-0.2, 0) is 0 Å². The first-order valence-electron chi connectivity index (χ1n) is 6.23. The van der Waals surface area contributed by atoms with Gasteiger partial charge in [-0.15, -0.1) is 0 Å². The van der Waals surface area contributed by atoms with Crippen LogP contribution in [0.1, 0.15) is 11.3 Å². The number of hydrogen-bond donors (Lipinski definition) is 2. The number of phenols is 1. The van der Waals surface area contributed by atoms with E-state index in [2.05, 4.69) is 0 Å². The van der Waals surface area contributed by atoms with E-state index in [4.69, 9.17) is 5.41 Å². The highest BCUT2D eigenvalue weighted by Gasteiger charge is 2.14. The van der Waals surface area contributed by atoms with Gasteiger partial charge in [-0.1, -0.05) is 18.2 Å². The maximum atomic E-state index is 13.6. The minimum atomic E-state index is -0.656. The molecule has 2 N–H and O–H groups in total. The normalized spacial score (nSPS) is 10.9. The minimum Gasteiger partial charge on any atom is -0.505 e. The van der Waals surface area contributed by atoms with Gasteiger partial charge in [0.1, 0.15) is 0 Å². The largest absolute Gasteiger partial charge is 0.505 e. The first-order chi connectivity index (χ1) is 9.63. The summed E-state index contributed by atoms with van der Waals surface area (Å²) < 4.78 is 15.5. The summed E-state index contributed by atoms with van der Waals surface area (Å²) in [5, 5.41) is 17.8. The van der Waals surface area contributed by atoms with Crippen molar-refractivity contribution in [2.75, 3.05) is 0 Å². The van der Waals surface area contributed by atoms with Crippen LogP contribution in [0.5, 0.6) is 5.75 Å². The summed E-state index contributed by atoms with van der Waals surface area (Å²) in [5.41, 5.74) is 3.22. The Bertz CT molecular complexity index is 821. The molecule has 3 nitrogen and oxygen atoms in total.